The van der Waals surface area contributed by atoms with Crippen molar-refractivity contribution in [2.75, 3.05) is 7.11 Å². The molecule has 1 aromatic heterocycles. The molecule has 3 aromatic rings. The van der Waals surface area contributed by atoms with Crippen LogP contribution < -0.4 is 4.74 Å². The van der Waals surface area contributed by atoms with Gasteiger partial charge in [-0.1, -0.05) is 48.5 Å². The smallest absolute Gasteiger partial charge is 0.291 e. The first-order valence-corrected chi connectivity index (χ1v) is 9.57. The lowest BCUT2D eigenvalue weighted by Gasteiger charge is -2.27. The molecule has 6 heteroatoms. The van der Waals surface area contributed by atoms with Gasteiger partial charge in [-0.2, -0.15) is 0 Å². The molecule has 4 rings (SSSR count). The normalized spacial score (nSPS) is 18.5. The van der Waals surface area contributed by atoms with Gasteiger partial charge in [-0.05, 0) is 29.3 Å². The zero-order valence-electron chi connectivity index (χ0n) is 16.4. The molecule has 1 amide bonds. The molecule has 1 fully saturated rings. The van der Waals surface area contributed by atoms with E-state index in [2.05, 4.69) is 4.98 Å². The molecule has 0 N–H and O–H groups in total. The van der Waals surface area contributed by atoms with Gasteiger partial charge in [-0.15, -0.1) is 0 Å². The van der Waals surface area contributed by atoms with Crippen LogP contribution in [0.4, 0.5) is 0 Å². The lowest BCUT2D eigenvalue weighted by atomic mass is 9.86. The number of nitrogens with zero attached hydrogens (tertiary/aromatic N) is 2. The van der Waals surface area contributed by atoms with Crippen molar-refractivity contribution in [1.82, 2.24) is 9.88 Å². The van der Waals surface area contributed by atoms with Crippen molar-refractivity contribution < 1.29 is 19.1 Å². The summed E-state index contributed by atoms with van der Waals surface area (Å²) >= 11 is 0. The number of amides is 1. The van der Waals surface area contributed by atoms with Crippen LogP contribution >= 0.6 is 0 Å². The van der Waals surface area contributed by atoms with E-state index in [0.29, 0.717) is 16.9 Å². The topological polar surface area (TPSA) is 76.6 Å². The van der Waals surface area contributed by atoms with Gasteiger partial charge in [0.25, 0.3) is 5.91 Å². The van der Waals surface area contributed by atoms with Gasteiger partial charge in [-0.25, -0.2) is 0 Å². The number of aromatic nitrogens is 1. The number of methoxy groups -OCH3 is 1. The first kappa shape index (κ1) is 19.5. The van der Waals surface area contributed by atoms with Crippen LogP contribution in [0, 0.1) is 5.92 Å². The SMILES string of the molecule is COc1ccc(C2C(C(=O)c3ccccc3)C(=O)C(=O)N2Cc2cccnc2)cc1. The van der Waals surface area contributed by atoms with Crippen molar-refractivity contribution in [2.45, 2.75) is 12.6 Å². The van der Waals surface area contributed by atoms with Gasteiger partial charge in [0.1, 0.15) is 11.7 Å². The molecule has 2 aromatic carbocycles. The third-order valence-electron chi connectivity index (χ3n) is 5.28. The molecule has 0 saturated carbocycles. The molecule has 2 atom stereocenters. The molecule has 0 aliphatic carbocycles. The van der Waals surface area contributed by atoms with E-state index in [1.807, 2.05) is 6.07 Å². The number of likely N-dealkylation sites (tertiary alicyclic amines) is 1. The summed E-state index contributed by atoms with van der Waals surface area (Å²) in [5.41, 5.74) is 1.89. The number of carbonyl (C=O) groups is 3. The summed E-state index contributed by atoms with van der Waals surface area (Å²) in [4.78, 5) is 44.7. The molecule has 2 unspecified atom stereocenters. The van der Waals surface area contributed by atoms with Gasteiger partial charge in [0.05, 0.1) is 13.2 Å². The Morgan fingerprint density at radius 3 is 2.37 bits per heavy atom. The highest BCUT2D eigenvalue weighted by Crippen LogP contribution is 2.39. The lowest BCUT2D eigenvalue weighted by Crippen LogP contribution is -2.30. The number of hydrogen-bond acceptors (Lipinski definition) is 5. The van der Waals surface area contributed by atoms with Crippen LogP contribution in [0.1, 0.15) is 27.5 Å². The second-order valence-electron chi connectivity index (χ2n) is 7.08. The maximum atomic E-state index is 13.3. The fourth-order valence-electron chi connectivity index (χ4n) is 3.80. The molecule has 1 aliphatic rings. The van der Waals surface area contributed by atoms with E-state index >= 15 is 0 Å². The zero-order valence-corrected chi connectivity index (χ0v) is 16.4. The number of benzene rings is 2. The van der Waals surface area contributed by atoms with Gasteiger partial charge >= 0.3 is 0 Å². The highest BCUT2D eigenvalue weighted by atomic mass is 16.5. The Hall–Kier alpha value is -3.80. The monoisotopic (exact) mass is 400 g/mol. The van der Waals surface area contributed by atoms with Gasteiger partial charge < -0.3 is 9.64 Å². The molecule has 1 saturated heterocycles. The molecule has 2 heterocycles. The van der Waals surface area contributed by atoms with Crippen LogP contribution in [0.2, 0.25) is 0 Å². The summed E-state index contributed by atoms with van der Waals surface area (Å²) in [7, 11) is 1.56. The largest absolute Gasteiger partial charge is 0.497 e. The summed E-state index contributed by atoms with van der Waals surface area (Å²) in [6, 6.07) is 18.6. The van der Waals surface area contributed by atoms with Crippen LogP contribution in [0.25, 0.3) is 0 Å². The van der Waals surface area contributed by atoms with Gasteiger partial charge in [-0.3, -0.25) is 19.4 Å². The quantitative estimate of drug-likeness (QED) is 0.361. The van der Waals surface area contributed by atoms with Crippen molar-refractivity contribution in [3.8, 4) is 5.75 Å². The van der Waals surface area contributed by atoms with Gasteiger partial charge in [0.2, 0.25) is 5.78 Å². The van der Waals surface area contributed by atoms with Crippen molar-refractivity contribution in [2.24, 2.45) is 5.92 Å². The average molecular weight is 400 g/mol. The number of rotatable bonds is 6. The fraction of sp³-hybridized carbons (Fsp3) is 0.167. The molecular weight excluding hydrogens is 380 g/mol. The van der Waals surface area contributed by atoms with E-state index in [9.17, 15) is 14.4 Å². The summed E-state index contributed by atoms with van der Waals surface area (Å²) in [6.45, 7) is 0.188. The van der Waals surface area contributed by atoms with E-state index in [0.717, 1.165) is 5.56 Å². The second kappa shape index (κ2) is 8.29. The first-order chi connectivity index (χ1) is 14.6. The van der Waals surface area contributed by atoms with Crippen LogP contribution in [-0.2, 0) is 16.1 Å². The zero-order chi connectivity index (χ0) is 21.1. The Kier molecular flexibility index (Phi) is 5.39. The first-order valence-electron chi connectivity index (χ1n) is 9.57. The van der Waals surface area contributed by atoms with Crippen molar-refractivity contribution >= 4 is 17.5 Å². The van der Waals surface area contributed by atoms with E-state index < -0.39 is 23.7 Å². The van der Waals surface area contributed by atoms with E-state index in [1.54, 1.807) is 80.2 Å². The van der Waals surface area contributed by atoms with Crippen molar-refractivity contribution in [3.05, 3.63) is 95.8 Å². The number of carbonyl (C=O) groups excluding carboxylic acids is 3. The highest BCUT2D eigenvalue weighted by molar-refractivity contribution is 6.44. The number of ketones is 2. The standard InChI is InChI=1S/C24H20N2O4/c1-30-19-11-9-17(10-12-19)21-20(22(27)18-7-3-2-4-8-18)23(28)24(29)26(21)15-16-6-5-13-25-14-16/h2-14,20-21H,15H2,1H3. The molecule has 0 radical (unpaired) electrons. The van der Waals surface area contributed by atoms with E-state index in [4.69, 9.17) is 4.74 Å². The summed E-state index contributed by atoms with van der Waals surface area (Å²) in [5.74, 6) is -2.16. The van der Waals surface area contributed by atoms with Crippen molar-refractivity contribution in [1.29, 1.82) is 0 Å². The maximum Gasteiger partial charge on any atom is 0.291 e. The van der Waals surface area contributed by atoms with Crippen molar-refractivity contribution in [3.63, 3.8) is 0 Å². The lowest BCUT2D eigenvalue weighted by molar-refractivity contribution is -0.141. The molecule has 6 nitrogen and oxygen atoms in total. The Morgan fingerprint density at radius 2 is 1.73 bits per heavy atom. The minimum absolute atomic E-state index is 0.188. The van der Waals surface area contributed by atoms with Gasteiger partial charge in [0.15, 0.2) is 5.78 Å². The predicted molar refractivity (Wildman–Crippen MR) is 110 cm³/mol. The molecule has 0 spiro atoms. The maximum absolute atomic E-state index is 13.3. The predicted octanol–water partition coefficient (Wildman–Crippen LogP) is 3.24. The number of pyridine rings is 1. The van der Waals surface area contributed by atoms with Crippen LogP contribution in [-0.4, -0.2) is 34.5 Å². The molecular formula is C24H20N2O4. The fourth-order valence-corrected chi connectivity index (χ4v) is 3.80. The van der Waals surface area contributed by atoms with E-state index in [-0.39, 0.29) is 12.3 Å². The average Bonchev–Trinajstić information content (AvgIpc) is 3.05. The van der Waals surface area contributed by atoms with Crippen LogP contribution in [0.5, 0.6) is 5.75 Å². The minimum Gasteiger partial charge on any atom is -0.497 e. The third-order valence-corrected chi connectivity index (χ3v) is 5.28. The summed E-state index contributed by atoms with van der Waals surface area (Å²) in [6.07, 6.45) is 3.29. The Bertz CT molecular complexity index is 1070. The number of ether oxygens (including phenoxy) is 1. The second-order valence-corrected chi connectivity index (χ2v) is 7.08. The Balaban J connectivity index is 1.77. The molecule has 1 aliphatic heterocycles. The minimum atomic E-state index is -1.11. The van der Waals surface area contributed by atoms with Gasteiger partial charge in [0, 0.05) is 24.5 Å². The summed E-state index contributed by atoms with van der Waals surface area (Å²) < 4.78 is 5.22. The molecule has 30 heavy (non-hydrogen) atoms. The molecule has 0 bridgehead atoms. The van der Waals surface area contributed by atoms with E-state index in [1.165, 1.54) is 4.90 Å². The van der Waals surface area contributed by atoms with Crippen LogP contribution in [0.15, 0.2) is 79.1 Å². The van der Waals surface area contributed by atoms with Crippen LogP contribution in [0.3, 0.4) is 0 Å². The Labute approximate surface area is 174 Å². The molecule has 150 valence electrons. The number of Topliss-reactive ketones (excluding diaryl/α,β-unsaturated/α-hetero) is 2. The number of hydrogen-bond donors (Lipinski definition) is 0. The highest BCUT2D eigenvalue weighted by Gasteiger charge is 2.51. The summed E-state index contributed by atoms with van der Waals surface area (Å²) in [5, 5.41) is 0. The third kappa shape index (κ3) is 3.59. The Morgan fingerprint density at radius 1 is 1.00 bits per heavy atom.